The molecule has 2 amide bonds. The van der Waals surface area contributed by atoms with E-state index in [1.165, 1.54) is 6.92 Å². The number of aliphatic hydroxyl groups is 3. The molecule has 0 aromatic rings. The third kappa shape index (κ3) is 3.85. The number of hydrogen-bond acceptors (Lipinski definition) is 7. The van der Waals surface area contributed by atoms with Gasteiger partial charge in [-0.3, -0.25) is 9.59 Å². The average Bonchev–Trinajstić information content (AvgIpc) is 2.28. The van der Waals surface area contributed by atoms with Gasteiger partial charge in [0, 0.05) is 0 Å². The summed E-state index contributed by atoms with van der Waals surface area (Å²) < 4.78 is 10.1. The minimum Gasteiger partial charge on any atom is -0.387 e. The van der Waals surface area contributed by atoms with Crippen molar-refractivity contribution in [2.24, 2.45) is 11.5 Å². The highest BCUT2D eigenvalue weighted by molar-refractivity contribution is 5.79. The van der Waals surface area contributed by atoms with Gasteiger partial charge in [0.05, 0.1) is 12.5 Å². The summed E-state index contributed by atoms with van der Waals surface area (Å²) in [6.45, 7) is 1.50. The van der Waals surface area contributed by atoms with Crippen LogP contribution in [0.2, 0.25) is 0 Å². The van der Waals surface area contributed by atoms with E-state index in [1.54, 1.807) is 0 Å². The van der Waals surface area contributed by atoms with E-state index < -0.39 is 48.6 Å². The molecule has 9 heteroatoms. The molecule has 0 aromatic heterocycles. The van der Waals surface area contributed by atoms with Gasteiger partial charge in [-0.1, -0.05) is 0 Å². The van der Waals surface area contributed by atoms with Gasteiger partial charge in [0.2, 0.25) is 11.8 Å². The largest absolute Gasteiger partial charge is 0.387 e. The molecular formula is C10H18N2O7. The predicted molar refractivity (Wildman–Crippen MR) is 60.2 cm³/mol. The number of primary amides is 2. The van der Waals surface area contributed by atoms with Crippen molar-refractivity contribution in [1.29, 1.82) is 0 Å². The van der Waals surface area contributed by atoms with Crippen LogP contribution in [0.4, 0.5) is 0 Å². The van der Waals surface area contributed by atoms with Gasteiger partial charge in [-0.05, 0) is 6.92 Å². The fraction of sp³-hybridized carbons (Fsp3) is 0.800. The van der Waals surface area contributed by atoms with Crippen LogP contribution in [0.25, 0.3) is 0 Å². The third-order valence-corrected chi connectivity index (χ3v) is 2.71. The first-order valence-corrected chi connectivity index (χ1v) is 5.66. The summed E-state index contributed by atoms with van der Waals surface area (Å²) in [6, 6.07) is 0. The summed E-state index contributed by atoms with van der Waals surface area (Å²) >= 11 is 0. The van der Waals surface area contributed by atoms with Gasteiger partial charge in [-0.15, -0.1) is 0 Å². The maximum Gasteiger partial charge on any atom is 0.249 e. The molecule has 0 bridgehead atoms. The summed E-state index contributed by atoms with van der Waals surface area (Å²) in [5.74, 6) is -1.63. The number of nitrogens with two attached hydrogens (primary N) is 2. The molecule has 0 saturated carbocycles. The van der Waals surface area contributed by atoms with Crippen LogP contribution >= 0.6 is 0 Å². The molecule has 0 aliphatic carbocycles. The van der Waals surface area contributed by atoms with Crippen molar-refractivity contribution in [3.63, 3.8) is 0 Å². The molecule has 1 saturated heterocycles. The first-order chi connectivity index (χ1) is 8.73. The van der Waals surface area contributed by atoms with E-state index in [9.17, 15) is 24.9 Å². The molecule has 1 heterocycles. The summed E-state index contributed by atoms with van der Waals surface area (Å²) in [6.07, 6.45) is -8.63. The number of rotatable bonds is 5. The fourth-order valence-electron chi connectivity index (χ4n) is 1.76. The molecule has 1 fully saturated rings. The van der Waals surface area contributed by atoms with Crippen molar-refractivity contribution in [1.82, 2.24) is 0 Å². The molecule has 1 rings (SSSR count). The highest BCUT2D eigenvalue weighted by Crippen LogP contribution is 2.23. The lowest BCUT2D eigenvalue weighted by atomic mass is 9.98. The number of hydrogen-bond donors (Lipinski definition) is 5. The number of aliphatic hydroxyl groups excluding tert-OH is 3. The van der Waals surface area contributed by atoms with Crippen LogP contribution < -0.4 is 11.5 Å². The van der Waals surface area contributed by atoms with Gasteiger partial charge in [-0.2, -0.15) is 0 Å². The SMILES string of the molecule is CC(CC(N)=O)O[C@H]1OC(C(N)=O)[C@H](O)C(O)C1O. The van der Waals surface area contributed by atoms with Crippen LogP contribution in [0.15, 0.2) is 0 Å². The van der Waals surface area contributed by atoms with Crippen LogP contribution in [0.3, 0.4) is 0 Å². The van der Waals surface area contributed by atoms with E-state index in [2.05, 4.69) is 0 Å². The predicted octanol–water partition coefficient (Wildman–Crippen LogP) is -3.44. The molecule has 19 heavy (non-hydrogen) atoms. The normalized spacial score (nSPS) is 36.7. The number of ether oxygens (including phenoxy) is 2. The summed E-state index contributed by atoms with van der Waals surface area (Å²) in [5.41, 5.74) is 9.96. The zero-order chi connectivity index (χ0) is 14.7. The Balaban J connectivity index is 2.71. The molecule has 110 valence electrons. The lowest BCUT2D eigenvalue weighted by Crippen LogP contribution is -2.61. The monoisotopic (exact) mass is 278 g/mol. The zero-order valence-electron chi connectivity index (χ0n) is 10.3. The Morgan fingerprint density at radius 2 is 1.79 bits per heavy atom. The number of carbonyl (C=O) groups excluding carboxylic acids is 2. The smallest absolute Gasteiger partial charge is 0.249 e. The summed E-state index contributed by atoms with van der Waals surface area (Å²) in [7, 11) is 0. The van der Waals surface area contributed by atoms with Crippen molar-refractivity contribution in [2.75, 3.05) is 0 Å². The molecule has 1 aliphatic heterocycles. The first kappa shape index (κ1) is 15.8. The van der Waals surface area contributed by atoms with E-state index in [0.717, 1.165) is 0 Å². The Bertz CT molecular complexity index is 351. The second-order valence-corrected chi connectivity index (χ2v) is 4.42. The molecule has 7 N–H and O–H groups in total. The van der Waals surface area contributed by atoms with Gasteiger partial charge < -0.3 is 36.3 Å². The Labute approximate surface area is 109 Å². The fourth-order valence-corrected chi connectivity index (χ4v) is 1.76. The number of carbonyl (C=O) groups is 2. The first-order valence-electron chi connectivity index (χ1n) is 5.66. The van der Waals surface area contributed by atoms with Crippen LogP contribution in [0.5, 0.6) is 0 Å². The lowest BCUT2D eigenvalue weighted by molar-refractivity contribution is -0.299. The molecule has 0 aromatic carbocycles. The molecule has 6 atom stereocenters. The maximum absolute atomic E-state index is 11.0. The number of amides is 2. The molecule has 1 aliphatic rings. The van der Waals surface area contributed by atoms with Crippen molar-refractivity contribution >= 4 is 11.8 Å². The van der Waals surface area contributed by atoms with Gasteiger partial charge in [0.25, 0.3) is 0 Å². The Hall–Kier alpha value is -1.26. The van der Waals surface area contributed by atoms with E-state index in [1.807, 2.05) is 0 Å². The van der Waals surface area contributed by atoms with Crippen molar-refractivity contribution in [2.45, 2.75) is 50.2 Å². The van der Waals surface area contributed by atoms with Gasteiger partial charge in [0.15, 0.2) is 12.4 Å². The molecule has 0 spiro atoms. The molecular weight excluding hydrogens is 260 g/mol. The Morgan fingerprint density at radius 1 is 1.21 bits per heavy atom. The topological polar surface area (TPSA) is 165 Å². The van der Waals surface area contributed by atoms with E-state index in [-0.39, 0.29) is 6.42 Å². The van der Waals surface area contributed by atoms with Crippen LogP contribution in [0, 0.1) is 0 Å². The molecule has 4 unspecified atom stereocenters. The van der Waals surface area contributed by atoms with Gasteiger partial charge in [0.1, 0.15) is 18.3 Å². The minimum absolute atomic E-state index is 0.132. The summed E-state index contributed by atoms with van der Waals surface area (Å²) in [5, 5.41) is 28.7. The Kier molecular flexibility index (Phi) is 5.20. The molecule has 9 nitrogen and oxygen atoms in total. The quantitative estimate of drug-likeness (QED) is 0.349. The van der Waals surface area contributed by atoms with Crippen molar-refractivity contribution < 1.29 is 34.4 Å². The van der Waals surface area contributed by atoms with Crippen molar-refractivity contribution in [3.8, 4) is 0 Å². The van der Waals surface area contributed by atoms with E-state index >= 15 is 0 Å². The van der Waals surface area contributed by atoms with Gasteiger partial charge >= 0.3 is 0 Å². The Morgan fingerprint density at radius 3 is 2.26 bits per heavy atom. The highest BCUT2D eigenvalue weighted by Gasteiger charge is 2.47. The van der Waals surface area contributed by atoms with E-state index in [4.69, 9.17) is 20.9 Å². The standard InChI is InChI=1S/C10H18N2O7/c1-3(2-4(11)13)18-10-7(16)5(14)6(15)8(19-10)9(12)17/h3,5-8,10,14-16H,2H2,1H3,(H2,11,13)(H2,12,17)/t3?,5?,6-,7?,8?,10+/m1/s1. The minimum atomic E-state index is -1.66. The zero-order valence-corrected chi connectivity index (χ0v) is 10.3. The maximum atomic E-state index is 11.0. The second-order valence-electron chi connectivity index (χ2n) is 4.42. The average molecular weight is 278 g/mol. The second kappa shape index (κ2) is 6.26. The third-order valence-electron chi connectivity index (χ3n) is 2.71. The van der Waals surface area contributed by atoms with Crippen molar-refractivity contribution in [3.05, 3.63) is 0 Å². The molecule has 0 radical (unpaired) electrons. The van der Waals surface area contributed by atoms with Crippen LogP contribution in [0.1, 0.15) is 13.3 Å². The van der Waals surface area contributed by atoms with Crippen LogP contribution in [-0.4, -0.2) is 63.9 Å². The van der Waals surface area contributed by atoms with E-state index in [0.29, 0.717) is 0 Å². The van der Waals surface area contributed by atoms with Crippen LogP contribution in [-0.2, 0) is 19.1 Å². The summed E-state index contributed by atoms with van der Waals surface area (Å²) in [4.78, 5) is 21.7. The highest BCUT2D eigenvalue weighted by atomic mass is 16.7. The van der Waals surface area contributed by atoms with Gasteiger partial charge in [-0.25, -0.2) is 0 Å². The lowest BCUT2D eigenvalue weighted by Gasteiger charge is -2.39.